The number of carboxylic acid groups (broad SMARTS) is 1. The van der Waals surface area contributed by atoms with Crippen molar-refractivity contribution >= 4 is 6.47 Å². The number of unbranched alkanes of at least 4 members (excludes halogenated alkanes) is 5. The molecule has 0 bridgehead atoms. The molecule has 0 aromatic rings. The maximum atomic E-state index is 8.36. The molecule has 0 aliphatic heterocycles. The fourth-order valence-electron chi connectivity index (χ4n) is 0.925. The second-order valence-corrected chi connectivity index (χ2v) is 2.66. The molecule has 0 unspecified atom stereocenters. The first-order valence-electron chi connectivity index (χ1n) is 4.61. The molecule has 0 saturated heterocycles. The summed E-state index contributed by atoms with van der Waals surface area (Å²) < 4.78 is 0. The zero-order chi connectivity index (χ0) is 9.66. The van der Waals surface area contributed by atoms with Gasteiger partial charge in [0.05, 0.1) is 0 Å². The molecule has 3 nitrogen and oxygen atoms in total. The molecule has 4 heteroatoms. The third-order valence-corrected chi connectivity index (χ3v) is 1.56. The number of hydrogen-bond acceptors (Lipinski definition) is 2. The quantitative estimate of drug-likeness (QED) is 0.423. The van der Waals surface area contributed by atoms with E-state index in [-0.39, 0.29) is 23.5 Å². The van der Waals surface area contributed by atoms with E-state index in [1.807, 2.05) is 0 Å². The van der Waals surface area contributed by atoms with Gasteiger partial charge in [0.15, 0.2) is 0 Å². The SMILES string of the molecule is CCCCCCCCN.O=CO.[Cu]. The zero-order valence-corrected chi connectivity index (χ0v) is 9.20. The summed E-state index contributed by atoms with van der Waals surface area (Å²) in [6.45, 7) is 2.86. The minimum absolute atomic E-state index is 0. The fourth-order valence-corrected chi connectivity index (χ4v) is 0.925. The van der Waals surface area contributed by atoms with Crippen LogP contribution in [0.5, 0.6) is 0 Å². The van der Waals surface area contributed by atoms with E-state index in [1.54, 1.807) is 0 Å². The molecule has 0 amide bonds. The molecule has 0 aromatic heterocycles. The standard InChI is InChI=1S/C8H19N.CH2O2.Cu/c1-2-3-4-5-6-7-8-9;2-1-3;/h2-9H2,1H3;1H,(H,2,3);. The summed E-state index contributed by atoms with van der Waals surface area (Å²) in [6, 6.07) is 0. The van der Waals surface area contributed by atoms with Crippen LogP contribution in [0.1, 0.15) is 45.4 Å². The largest absolute Gasteiger partial charge is 0.483 e. The van der Waals surface area contributed by atoms with Gasteiger partial charge in [-0.05, 0) is 13.0 Å². The number of nitrogens with two attached hydrogens (primary N) is 1. The van der Waals surface area contributed by atoms with Crippen molar-refractivity contribution in [2.45, 2.75) is 45.4 Å². The second kappa shape index (κ2) is 22.7. The van der Waals surface area contributed by atoms with Crippen LogP contribution in [-0.2, 0) is 21.9 Å². The summed E-state index contributed by atoms with van der Waals surface area (Å²) in [7, 11) is 0. The Bertz CT molecular complexity index is 76.0. The van der Waals surface area contributed by atoms with Crippen molar-refractivity contribution in [3.05, 3.63) is 0 Å². The van der Waals surface area contributed by atoms with Gasteiger partial charge in [-0.25, -0.2) is 0 Å². The molecule has 1 radical (unpaired) electrons. The van der Waals surface area contributed by atoms with Crippen molar-refractivity contribution in [1.82, 2.24) is 0 Å². The summed E-state index contributed by atoms with van der Waals surface area (Å²) in [5.41, 5.74) is 5.34. The smallest absolute Gasteiger partial charge is 0.290 e. The minimum Gasteiger partial charge on any atom is -0.483 e. The number of carbonyl (C=O) groups is 1. The first-order chi connectivity index (χ1) is 5.83. The van der Waals surface area contributed by atoms with Crippen LogP contribution in [0.2, 0.25) is 0 Å². The Kier molecular flexibility index (Phi) is 32.6. The first-order valence-corrected chi connectivity index (χ1v) is 4.61. The van der Waals surface area contributed by atoms with E-state index in [1.165, 1.54) is 38.5 Å². The molecule has 0 aromatic carbocycles. The van der Waals surface area contributed by atoms with Crippen molar-refractivity contribution in [3.63, 3.8) is 0 Å². The van der Waals surface area contributed by atoms with Gasteiger partial charge in [0, 0.05) is 17.1 Å². The van der Waals surface area contributed by atoms with Gasteiger partial charge in [0.1, 0.15) is 0 Å². The molecule has 0 saturated carbocycles. The third-order valence-electron chi connectivity index (χ3n) is 1.56. The van der Waals surface area contributed by atoms with Crippen LogP contribution >= 0.6 is 0 Å². The molecule has 0 rings (SSSR count). The summed E-state index contributed by atoms with van der Waals surface area (Å²) in [6.07, 6.45) is 8.05. The number of hydrogen-bond donors (Lipinski definition) is 2. The van der Waals surface area contributed by atoms with Crippen LogP contribution in [0.25, 0.3) is 0 Å². The van der Waals surface area contributed by atoms with Gasteiger partial charge in [0.2, 0.25) is 0 Å². The van der Waals surface area contributed by atoms with Gasteiger partial charge in [-0.3, -0.25) is 4.79 Å². The number of rotatable bonds is 6. The van der Waals surface area contributed by atoms with E-state index in [0.29, 0.717) is 0 Å². The van der Waals surface area contributed by atoms with Crippen molar-refractivity contribution < 1.29 is 27.0 Å². The van der Waals surface area contributed by atoms with Crippen LogP contribution in [0.4, 0.5) is 0 Å². The molecule has 0 fully saturated rings. The Balaban J connectivity index is -0.000000220. The molecule has 0 aliphatic rings. The zero-order valence-electron chi connectivity index (χ0n) is 8.26. The Labute approximate surface area is 91.6 Å². The predicted molar refractivity (Wildman–Crippen MR) is 51.1 cm³/mol. The van der Waals surface area contributed by atoms with Crippen LogP contribution in [0.15, 0.2) is 0 Å². The topological polar surface area (TPSA) is 63.3 Å². The summed E-state index contributed by atoms with van der Waals surface area (Å²) >= 11 is 0. The molecule has 0 spiro atoms. The monoisotopic (exact) mass is 238 g/mol. The molecular formula is C9H21CuNO2. The van der Waals surface area contributed by atoms with E-state index >= 15 is 0 Å². The predicted octanol–water partition coefficient (Wildman–Crippen LogP) is 2.00. The first kappa shape index (κ1) is 18.7. The van der Waals surface area contributed by atoms with Crippen molar-refractivity contribution in [1.29, 1.82) is 0 Å². The van der Waals surface area contributed by atoms with Gasteiger partial charge in [0.25, 0.3) is 6.47 Å². The minimum atomic E-state index is -0.250. The average Bonchev–Trinajstić information content (AvgIpc) is 2.06. The van der Waals surface area contributed by atoms with E-state index in [9.17, 15) is 0 Å². The van der Waals surface area contributed by atoms with Gasteiger partial charge in [-0.2, -0.15) is 0 Å². The van der Waals surface area contributed by atoms with Gasteiger partial charge in [-0.15, -0.1) is 0 Å². The molecule has 0 atom stereocenters. The maximum Gasteiger partial charge on any atom is 0.290 e. The maximum absolute atomic E-state index is 8.36. The summed E-state index contributed by atoms with van der Waals surface area (Å²) in [5.74, 6) is 0. The molecule has 0 aliphatic carbocycles. The Morgan fingerprint density at radius 2 is 1.54 bits per heavy atom. The molecule has 85 valence electrons. The summed E-state index contributed by atoms with van der Waals surface area (Å²) in [5, 5.41) is 6.89. The van der Waals surface area contributed by atoms with Crippen LogP contribution in [0, 0.1) is 0 Å². The normalized spacial score (nSPS) is 7.85. The Morgan fingerprint density at radius 1 is 1.15 bits per heavy atom. The molecular weight excluding hydrogens is 218 g/mol. The van der Waals surface area contributed by atoms with Crippen LogP contribution < -0.4 is 5.73 Å². The van der Waals surface area contributed by atoms with Gasteiger partial charge >= 0.3 is 0 Å². The van der Waals surface area contributed by atoms with Gasteiger partial charge < -0.3 is 10.8 Å². The van der Waals surface area contributed by atoms with E-state index in [2.05, 4.69) is 6.92 Å². The van der Waals surface area contributed by atoms with Crippen molar-refractivity contribution in [2.24, 2.45) is 5.73 Å². The third kappa shape index (κ3) is 33.4. The molecule has 3 N–H and O–H groups in total. The second-order valence-electron chi connectivity index (χ2n) is 2.66. The summed E-state index contributed by atoms with van der Waals surface area (Å²) in [4.78, 5) is 8.36. The fraction of sp³-hybridized carbons (Fsp3) is 0.889. The Morgan fingerprint density at radius 3 is 1.92 bits per heavy atom. The molecule has 0 heterocycles. The van der Waals surface area contributed by atoms with Crippen LogP contribution in [-0.4, -0.2) is 18.1 Å². The van der Waals surface area contributed by atoms with Crippen molar-refractivity contribution in [2.75, 3.05) is 6.54 Å². The van der Waals surface area contributed by atoms with Crippen LogP contribution in [0.3, 0.4) is 0 Å². The van der Waals surface area contributed by atoms with Gasteiger partial charge in [-0.1, -0.05) is 39.0 Å². The Hall–Kier alpha value is -0.0505. The van der Waals surface area contributed by atoms with Crippen molar-refractivity contribution in [3.8, 4) is 0 Å². The van der Waals surface area contributed by atoms with E-state index < -0.39 is 0 Å². The molecule has 13 heavy (non-hydrogen) atoms. The average molecular weight is 239 g/mol. The van der Waals surface area contributed by atoms with E-state index in [0.717, 1.165) is 6.54 Å². The van der Waals surface area contributed by atoms with E-state index in [4.69, 9.17) is 15.6 Å².